The molecule has 1 saturated carbocycles. The van der Waals surface area contributed by atoms with Crippen molar-refractivity contribution >= 4 is 50.7 Å². The SMILES string of the molecule is CC(C)C1CC(=O)C(Cl)(c2cc(Br)ccc2Cl)C(=O)C1. The van der Waals surface area contributed by atoms with E-state index in [4.69, 9.17) is 23.2 Å². The van der Waals surface area contributed by atoms with Crippen LogP contribution in [0.1, 0.15) is 32.3 Å². The Morgan fingerprint density at radius 1 is 1.25 bits per heavy atom. The smallest absolute Gasteiger partial charge is 0.187 e. The highest BCUT2D eigenvalue weighted by Crippen LogP contribution is 2.44. The molecule has 0 atom stereocenters. The molecule has 1 aliphatic carbocycles. The number of hydrogen-bond donors (Lipinski definition) is 0. The number of carbonyl (C=O) groups excluding carboxylic acids is 2. The normalized spacial score (nSPS) is 27.2. The van der Waals surface area contributed by atoms with Gasteiger partial charge in [-0.2, -0.15) is 0 Å². The molecule has 1 aromatic carbocycles. The van der Waals surface area contributed by atoms with E-state index in [1.807, 2.05) is 13.8 Å². The Labute approximate surface area is 137 Å². The number of ketones is 2. The third-order valence-electron chi connectivity index (χ3n) is 3.91. The van der Waals surface area contributed by atoms with Crippen LogP contribution >= 0.6 is 39.1 Å². The van der Waals surface area contributed by atoms with Crippen molar-refractivity contribution in [3.05, 3.63) is 33.3 Å². The molecule has 1 aromatic rings. The van der Waals surface area contributed by atoms with Crippen LogP contribution < -0.4 is 0 Å². The second-order valence-electron chi connectivity index (χ2n) is 5.54. The predicted octanol–water partition coefficient (Wildman–Crippen LogP) is 4.74. The van der Waals surface area contributed by atoms with Crippen molar-refractivity contribution in [2.45, 2.75) is 31.6 Å². The van der Waals surface area contributed by atoms with Gasteiger partial charge in [0.25, 0.3) is 0 Å². The fourth-order valence-corrected chi connectivity index (χ4v) is 3.50. The van der Waals surface area contributed by atoms with Gasteiger partial charge in [-0.1, -0.05) is 53.0 Å². The van der Waals surface area contributed by atoms with Crippen LogP contribution in [-0.2, 0) is 14.5 Å². The van der Waals surface area contributed by atoms with Crippen LogP contribution in [0.2, 0.25) is 5.02 Å². The molecule has 0 radical (unpaired) electrons. The van der Waals surface area contributed by atoms with Gasteiger partial charge in [0.2, 0.25) is 0 Å². The summed E-state index contributed by atoms with van der Waals surface area (Å²) < 4.78 is 0.739. The Balaban J connectivity index is 2.47. The van der Waals surface area contributed by atoms with Gasteiger partial charge in [-0.25, -0.2) is 0 Å². The fraction of sp³-hybridized carbons (Fsp3) is 0.467. The van der Waals surface area contributed by atoms with Crippen LogP contribution in [0.15, 0.2) is 22.7 Å². The first kappa shape index (κ1) is 16.0. The van der Waals surface area contributed by atoms with Crippen LogP contribution in [0.4, 0.5) is 0 Å². The van der Waals surface area contributed by atoms with E-state index < -0.39 is 4.87 Å². The lowest BCUT2D eigenvalue weighted by Gasteiger charge is -2.35. The van der Waals surface area contributed by atoms with E-state index in [9.17, 15) is 9.59 Å². The van der Waals surface area contributed by atoms with Crippen molar-refractivity contribution in [1.29, 1.82) is 0 Å². The van der Waals surface area contributed by atoms with Gasteiger partial charge < -0.3 is 0 Å². The van der Waals surface area contributed by atoms with Crippen molar-refractivity contribution in [2.75, 3.05) is 0 Å². The second kappa shape index (κ2) is 5.78. The Bertz CT molecular complexity index is 551. The molecule has 0 spiro atoms. The lowest BCUT2D eigenvalue weighted by atomic mass is 9.72. The highest BCUT2D eigenvalue weighted by Gasteiger charge is 2.51. The first-order valence-electron chi connectivity index (χ1n) is 6.47. The molecule has 0 aromatic heterocycles. The average molecular weight is 378 g/mol. The van der Waals surface area contributed by atoms with Gasteiger partial charge in [0.1, 0.15) is 0 Å². The van der Waals surface area contributed by atoms with Gasteiger partial charge in [0, 0.05) is 27.9 Å². The number of carbonyl (C=O) groups is 2. The van der Waals surface area contributed by atoms with Crippen molar-refractivity contribution in [1.82, 2.24) is 0 Å². The summed E-state index contributed by atoms with van der Waals surface area (Å²) in [6, 6.07) is 5.04. The molecule has 0 unspecified atom stereocenters. The Morgan fingerprint density at radius 3 is 2.30 bits per heavy atom. The number of hydrogen-bond acceptors (Lipinski definition) is 2. The zero-order valence-corrected chi connectivity index (χ0v) is 14.3. The second-order valence-corrected chi connectivity index (χ2v) is 7.43. The van der Waals surface area contributed by atoms with E-state index >= 15 is 0 Å². The zero-order chi connectivity index (χ0) is 15.1. The van der Waals surface area contributed by atoms with Crippen LogP contribution in [0.3, 0.4) is 0 Å². The number of rotatable bonds is 2. The molecular formula is C15H15BrCl2O2. The Kier molecular flexibility index (Phi) is 4.63. The summed E-state index contributed by atoms with van der Waals surface area (Å²) in [7, 11) is 0. The standard InChI is InChI=1S/C15H15BrCl2O2/c1-8(2)9-5-13(19)15(18,14(20)6-9)11-7-10(16)3-4-12(11)17/h3-4,7-9H,5-6H2,1-2H3. The summed E-state index contributed by atoms with van der Waals surface area (Å²) in [5, 5.41) is 0.341. The van der Waals surface area contributed by atoms with E-state index in [1.165, 1.54) is 0 Å². The topological polar surface area (TPSA) is 34.1 Å². The molecular weight excluding hydrogens is 363 g/mol. The summed E-state index contributed by atoms with van der Waals surface area (Å²) in [6.45, 7) is 4.02. The third-order valence-corrected chi connectivity index (χ3v) is 5.35. The molecule has 2 nitrogen and oxygen atoms in total. The van der Waals surface area contributed by atoms with Crippen LogP contribution in [0.5, 0.6) is 0 Å². The third kappa shape index (κ3) is 2.68. The van der Waals surface area contributed by atoms with E-state index in [2.05, 4.69) is 15.9 Å². The molecule has 0 N–H and O–H groups in total. The number of benzene rings is 1. The van der Waals surface area contributed by atoms with Gasteiger partial charge in [0.15, 0.2) is 16.4 Å². The van der Waals surface area contributed by atoms with Crippen LogP contribution in [-0.4, -0.2) is 11.6 Å². The minimum atomic E-state index is -1.63. The maximum Gasteiger partial charge on any atom is 0.187 e. The minimum absolute atomic E-state index is 0.0628. The molecule has 0 amide bonds. The number of Topliss-reactive ketones (excluding diaryl/α,β-unsaturated/α-hetero) is 2. The van der Waals surface area contributed by atoms with Gasteiger partial charge in [-0.3, -0.25) is 9.59 Å². The van der Waals surface area contributed by atoms with Gasteiger partial charge in [-0.05, 0) is 30.0 Å². The molecule has 2 rings (SSSR count). The summed E-state index contributed by atoms with van der Waals surface area (Å²) in [6.07, 6.45) is 0.630. The average Bonchev–Trinajstić information content (AvgIpc) is 2.38. The molecule has 5 heteroatoms. The summed E-state index contributed by atoms with van der Waals surface area (Å²) in [5.74, 6) is -0.168. The van der Waals surface area contributed by atoms with Crippen molar-refractivity contribution < 1.29 is 9.59 Å². The van der Waals surface area contributed by atoms with Crippen LogP contribution in [0, 0.1) is 11.8 Å². The first-order chi connectivity index (χ1) is 9.26. The van der Waals surface area contributed by atoms with Gasteiger partial charge in [-0.15, -0.1) is 0 Å². The Hall–Kier alpha value is -0.380. The van der Waals surface area contributed by atoms with Gasteiger partial charge >= 0.3 is 0 Å². The number of halogens is 3. The van der Waals surface area contributed by atoms with Crippen molar-refractivity contribution in [2.24, 2.45) is 11.8 Å². The monoisotopic (exact) mass is 376 g/mol. The molecule has 0 aliphatic heterocycles. The zero-order valence-electron chi connectivity index (χ0n) is 11.3. The van der Waals surface area contributed by atoms with Crippen molar-refractivity contribution in [3.8, 4) is 0 Å². The maximum atomic E-state index is 12.5. The molecule has 0 bridgehead atoms. The predicted molar refractivity (Wildman–Crippen MR) is 84.3 cm³/mol. The summed E-state index contributed by atoms with van der Waals surface area (Å²) in [5.41, 5.74) is 0.382. The number of alkyl halides is 1. The molecule has 1 aliphatic rings. The highest BCUT2D eigenvalue weighted by atomic mass is 79.9. The molecule has 0 heterocycles. The minimum Gasteiger partial charge on any atom is -0.297 e. The summed E-state index contributed by atoms with van der Waals surface area (Å²) in [4.78, 5) is 23.3. The van der Waals surface area contributed by atoms with Crippen LogP contribution in [0.25, 0.3) is 0 Å². The summed E-state index contributed by atoms with van der Waals surface area (Å²) >= 11 is 15.9. The van der Waals surface area contributed by atoms with E-state index in [0.717, 1.165) is 4.47 Å². The molecule has 0 saturated heterocycles. The molecule has 1 fully saturated rings. The van der Waals surface area contributed by atoms with Gasteiger partial charge in [0.05, 0.1) is 0 Å². The van der Waals surface area contributed by atoms with E-state index in [1.54, 1.807) is 18.2 Å². The maximum absolute atomic E-state index is 12.5. The Morgan fingerprint density at radius 2 is 1.80 bits per heavy atom. The fourth-order valence-electron chi connectivity index (χ4n) is 2.52. The van der Waals surface area contributed by atoms with E-state index in [0.29, 0.717) is 23.4 Å². The van der Waals surface area contributed by atoms with Crippen molar-refractivity contribution in [3.63, 3.8) is 0 Å². The quantitative estimate of drug-likeness (QED) is 0.550. The lowest BCUT2D eigenvalue weighted by Crippen LogP contribution is -2.45. The largest absolute Gasteiger partial charge is 0.297 e. The highest BCUT2D eigenvalue weighted by molar-refractivity contribution is 9.10. The van der Waals surface area contributed by atoms with E-state index in [-0.39, 0.29) is 23.4 Å². The molecule has 20 heavy (non-hydrogen) atoms. The first-order valence-corrected chi connectivity index (χ1v) is 8.02. The molecule has 108 valence electrons. The lowest BCUT2D eigenvalue weighted by molar-refractivity contribution is -0.136.